The molecule has 0 spiro atoms. The van der Waals surface area contributed by atoms with Gasteiger partial charge in [-0.1, -0.05) is 48.0 Å². The number of rotatable bonds is 4. The fraction of sp³-hybridized carbons (Fsp3) is 0.200. The van der Waals surface area contributed by atoms with Gasteiger partial charge in [0.1, 0.15) is 11.7 Å². The van der Waals surface area contributed by atoms with Crippen molar-refractivity contribution in [3.63, 3.8) is 0 Å². The fourth-order valence-corrected chi connectivity index (χ4v) is 4.53. The highest BCUT2D eigenvalue weighted by Crippen LogP contribution is 2.48. The van der Waals surface area contributed by atoms with E-state index in [1.54, 1.807) is 30.4 Å². The molecule has 0 aliphatic carbocycles. The van der Waals surface area contributed by atoms with Crippen LogP contribution in [0.1, 0.15) is 17.2 Å². The lowest BCUT2D eigenvalue weighted by atomic mass is 9.90. The number of hydrogen-bond donors (Lipinski definition) is 0. The predicted octanol–water partition coefficient (Wildman–Crippen LogP) is 4.71. The zero-order chi connectivity index (χ0) is 22.4. The summed E-state index contributed by atoms with van der Waals surface area (Å²) in [4.78, 5) is 34.3. The zero-order valence-corrected chi connectivity index (χ0v) is 18.3. The average Bonchev–Trinajstić information content (AvgIpc) is 3.32. The second kappa shape index (κ2) is 7.97. The molecule has 3 atom stereocenters. The second-order valence-electron chi connectivity index (χ2n) is 7.88. The third kappa shape index (κ3) is 3.23. The van der Waals surface area contributed by atoms with E-state index in [1.165, 1.54) is 4.90 Å². The number of fused-ring (bicyclic) bond motifs is 1. The van der Waals surface area contributed by atoms with E-state index in [-0.39, 0.29) is 5.91 Å². The summed E-state index contributed by atoms with van der Waals surface area (Å²) in [5.41, 5.74) is 2.91. The van der Waals surface area contributed by atoms with Crippen molar-refractivity contribution in [1.82, 2.24) is 0 Å². The Bertz CT molecular complexity index is 1200. The van der Waals surface area contributed by atoms with E-state index in [0.717, 1.165) is 16.8 Å². The molecule has 2 heterocycles. The molecule has 7 heteroatoms. The summed E-state index contributed by atoms with van der Waals surface area (Å²) in [7, 11) is 1.59. The Morgan fingerprint density at radius 2 is 1.69 bits per heavy atom. The van der Waals surface area contributed by atoms with Crippen molar-refractivity contribution in [1.29, 1.82) is 0 Å². The molecule has 0 radical (unpaired) electrons. The SMILES string of the molecule is COc1cccc([C@@H]2[C@@H]3C(=O)N(c4ccc(C)c(Cl)c4)C(=O)[C@H]3ON2c2ccccc2)c1. The predicted molar refractivity (Wildman–Crippen MR) is 122 cm³/mol. The van der Waals surface area contributed by atoms with Gasteiger partial charge < -0.3 is 4.74 Å². The number of amides is 2. The molecule has 2 saturated heterocycles. The summed E-state index contributed by atoms with van der Waals surface area (Å²) < 4.78 is 5.39. The van der Waals surface area contributed by atoms with Crippen LogP contribution in [0.2, 0.25) is 5.02 Å². The van der Waals surface area contributed by atoms with Crippen LogP contribution >= 0.6 is 11.6 Å². The number of para-hydroxylation sites is 1. The molecule has 2 fully saturated rings. The Balaban J connectivity index is 1.59. The van der Waals surface area contributed by atoms with Gasteiger partial charge in [-0.05, 0) is 54.4 Å². The lowest BCUT2D eigenvalue weighted by Gasteiger charge is -2.29. The third-order valence-electron chi connectivity index (χ3n) is 5.98. The first-order valence-corrected chi connectivity index (χ1v) is 10.7. The minimum Gasteiger partial charge on any atom is -0.497 e. The number of carbonyl (C=O) groups is 2. The molecular weight excluding hydrogens is 428 g/mol. The van der Waals surface area contributed by atoms with Gasteiger partial charge in [0.25, 0.3) is 5.91 Å². The maximum Gasteiger partial charge on any atom is 0.266 e. The molecule has 3 aromatic rings. The Kier molecular flexibility index (Phi) is 5.12. The number of anilines is 2. The molecule has 2 aliphatic heterocycles. The summed E-state index contributed by atoms with van der Waals surface area (Å²) in [6.45, 7) is 1.87. The number of aryl methyl sites for hydroxylation is 1. The summed E-state index contributed by atoms with van der Waals surface area (Å²) in [6.07, 6.45) is -0.931. The number of hydroxylamine groups is 1. The van der Waals surface area contributed by atoms with Crippen molar-refractivity contribution >= 4 is 34.8 Å². The normalized spacial score (nSPS) is 22.4. The van der Waals surface area contributed by atoms with Crippen molar-refractivity contribution in [2.24, 2.45) is 5.92 Å². The van der Waals surface area contributed by atoms with E-state index >= 15 is 0 Å². The van der Waals surface area contributed by atoms with Gasteiger partial charge in [-0.15, -0.1) is 0 Å². The summed E-state index contributed by atoms with van der Waals surface area (Å²) >= 11 is 6.27. The van der Waals surface area contributed by atoms with E-state index in [1.807, 2.05) is 61.5 Å². The Hall–Kier alpha value is -3.35. The minimum absolute atomic E-state index is 0.314. The van der Waals surface area contributed by atoms with Gasteiger partial charge >= 0.3 is 0 Å². The molecule has 162 valence electrons. The molecule has 0 aromatic heterocycles. The number of methoxy groups -OCH3 is 1. The van der Waals surface area contributed by atoms with Gasteiger partial charge in [-0.25, -0.2) is 9.96 Å². The average molecular weight is 449 g/mol. The first-order valence-electron chi connectivity index (χ1n) is 10.3. The second-order valence-corrected chi connectivity index (χ2v) is 8.29. The van der Waals surface area contributed by atoms with Crippen LogP contribution in [0.25, 0.3) is 0 Å². The lowest BCUT2D eigenvalue weighted by Crippen LogP contribution is -2.37. The Morgan fingerprint density at radius 1 is 0.906 bits per heavy atom. The van der Waals surface area contributed by atoms with Crippen molar-refractivity contribution in [2.75, 3.05) is 17.1 Å². The van der Waals surface area contributed by atoms with Gasteiger partial charge in [0.15, 0.2) is 6.10 Å². The molecule has 2 aliphatic rings. The number of hydrogen-bond acceptors (Lipinski definition) is 5. The van der Waals surface area contributed by atoms with E-state index in [4.69, 9.17) is 21.2 Å². The summed E-state index contributed by atoms with van der Waals surface area (Å²) in [6, 6.07) is 21.6. The number of imide groups is 1. The van der Waals surface area contributed by atoms with E-state index in [9.17, 15) is 9.59 Å². The lowest BCUT2D eigenvalue weighted by molar-refractivity contribution is -0.126. The van der Waals surface area contributed by atoms with Crippen LogP contribution in [-0.2, 0) is 14.4 Å². The molecule has 2 amide bonds. The maximum absolute atomic E-state index is 13.6. The highest BCUT2D eigenvalue weighted by Gasteiger charge is 2.60. The van der Waals surface area contributed by atoms with Gasteiger partial charge in [-0.3, -0.25) is 14.4 Å². The van der Waals surface area contributed by atoms with Crippen LogP contribution in [0.15, 0.2) is 72.8 Å². The van der Waals surface area contributed by atoms with Crippen LogP contribution in [0.5, 0.6) is 5.75 Å². The van der Waals surface area contributed by atoms with Crippen LogP contribution in [0.4, 0.5) is 11.4 Å². The maximum atomic E-state index is 13.6. The molecule has 0 N–H and O–H groups in total. The van der Waals surface area contributed by atoms with Gasteiger partial charge in [0.2, 0.25) is 5.91 Å². The fourth-order valence-electron chi connectivity index (χ4n) is 4.35. The molecule has 5 rings (SSSR count). The van der Waals surface area contributed by atoms with Gasteiger partial charge in [-0.2, -0.15) is 0 Å². The van der Waals surface area contributed by atoms with E-state index < -0.39 is 24.0 Å². The number of benzene rings is 3. The van der Waals surface area contributed by atoms with Crippen LogP contribution in [0, 0.1) is 12.8 Å². The highest BCUT2D eigenvalue weighted by molar-refractivity contribution is 6.32. The quantitative estimate of drug-likeness (QED) is 0.541. The van der Waals surface area contributed by atoms with Crippen LogP contribution in [-0.4, -0.2) is 25.0 Å². The van der Waals surface area contributed by atoms with E-state index in [0.29, 0.717) is 16.5 Å². The Morgan fingerprint density at radius 3 is 2.41 bits per heavy atom. The van der Waals surface area contributed by atoms with Crippen LogP contribution < -0.4 is 14.7 Å². The van der Waals surface area contributed by atoms with Crippen LogP contribution in [0.3, 0.4) is 0 Å². The van der Waals surface area contributed by atoms with Crippen molar-refractivity contribution in [3.05, 3.63) is 88.9 Å². The zero-order valence-electron chi connectivity index (χ0n) is 17.6. The first-order chi connectivity index (χ1) is 15.5. The van der Waals surface area contributed by atoms with E-state index in [2.05, 4.69) is 0 Å². The van der Waals surface area contributed by atoms with Crippen molar-refractivity contribution in [2.45, 2.75) is 19.1 Å². The standard InChI is InChI=1S/C25H21ClN2O4/c1-15-11-12-18(14-20(15)26)27-24(29)21-22(16-7-6-10-19(13-16)31-2)28(32-23(21)25(27)30)17-8-4-3-5-9-17/h3-14,21-23H,1-2H3/t21-,22+,23-/m0/s1. The minimum atomic E-state index is -0.931. The summed E-state index contributed by atoms with van der Waals surface area (Å²) in [5, 5.41) is 2.16. The molecule has 3 aromatic carbocycles. The van der Waals surface area contributed by atoms with Gasteiger partial charge in [0.05, 0.1) is 24.5 Å². The first kappa shape index (κ1) is 20.5. The molecular formula is C25H21ClN2O4. The smallest absolute Gasteiger partial charge is 0.266 e. The molecule has 0 bridgehead atoms. The topological polar surface area (TPSA) is 59.1 Å². The molecule has 0 unspecified atom stereocenters. The number of carbonyl (C=O) groups excluding carboxylic acids is 2. The molecule has 6 nitrogen and oxygen atoms in total. The monoisotopic (exact) mass is 448 g/mol. The number of halogens is 1. The Labute approximate surface area is 190 Å². The van der Waals surface area contributed by atoms with Crippen molar-refractivity contribution in [3.8, 4) is 5.75 Å². The number of ether oxygens (including phenoxy) is 1. The largest absolute Gasteiger partial charge is 0.497 e. The number of nitrogens with zero attached hydrogens (tertiary/aromatic N) is 2. The molecule has 0 saturated carbocycles. The molecule has 32 heavy (non-hydrogen) atoms. The van der Waals surface area contributed by atoms with Crippen molar-refractivity contribution < 1.29 is 19.2 Å². The highest BCUT2D eigenvalue weighted by atomic mass is 35.5. The third-order valence-corrected chi connectivity index (χ3v) is 6.38. The van der Waals surface area contributed by atoms with Gasteiger partial charge in [0, 0.05) is 5.02 Å². The summed E-state index contributed by atoms with van der Waals surface area (Å²) in [5.74, 6) is -0.759.